The Hall–Kier alpha value is -1.93. The Kier molecular flexibility index (Phi) is 6.26. The van der Waals surface area contributed by atoms with E-state index in [0.717, 1.165) is 38.9 Å². The van der Waals surface area contributed by atoms with E-state index in [-0.39, 0.29) is 17.9 Å². The minimum absolute atomic E-state index is 0.149. The minimum atomic E-state index is -0.149. The first-order chi connectivity index (χ1) is 12.6. The summed E-state index contributed by atoms with van der Waals surface area (Å²) in [4.78, 5) is 26.1. The molecule has 8 heteroatoms. The number of aromatic nitrogens is 4. The van der Waals surface area contributed by atoms with Crippen molar-refractivity contribution in [3.05, 3.63) is 16.7 Å². The van der Waals surface area contributed by atoms with Crippen LogP contribution in [0.1, 0.15) is 40.0 Å². The fourth-order valence-corrected chi connectivity index (χ4v) is 3.43. The number of rotatable bonds is 8. The van der Waals surface area contributed by atoms with Crippen LogP contribution in [0.5, 0.6) is 6.01 Å². The largest absolute Gasteiger partial charge is 0.463 e. The van der Waals surface area contributed by atoms with Gasteiger partial charge in [0.1, 0.15) is 5.52 Å². The third kappa shape index (κ3) is 4.62. The Bertz CT molecular complexity index is 762. The number of aryl methyl sites for hydroxylation is 1. The van der Waals surface area contributed by atoms with Crippen molar-refractivity contribution in [1.82, 2.24) is 24.4 Å². The molecule has 0 bridgehead atoms. The summed E-state index contributed by atoms with van der Waals surface area (Å²) in [7, 11) is 0. The molecule has 0 aliphatic carbocycles. The highest BCUT2D eigenvalue weighted by atomic mass is 16.5. The topological polar surface area (TPSA) is 85.3 Å². The van der Waals surface area contributed by atoms with Crippen LogP contribution in [0.25, 0.3) is 11.2 Å². The molecule has 0 amide bonds. The predicted octanol–water partition coefficient (Wildman–Crippen LogP) is 1.80. The zero-order valence-corrected chi connectivity index (χ0v) is 15.9. The molecule has 3 heterocycles. The van der Waals surface area contributed by atoms with E-state index in [1.54, 1.807) is 10.8 Å². The van der Waals surface area contributed by atoms with Gasteiger partial charge in [0.05, 0.1) is 25.0 Å². The highest BCUT2D eigenvalue weighted by molar-refractivity contribution is 5.69. The number of nitrogens with one attached hydrogen (secondary N) is 1. The van der Waals surface area contributed by atoms with E-state index in [0.29, 0.717) is 30.3 Å². The van der Waals surface area contributed by atoms with Crippen LogP contribution >= 0.6 is 0 Å². The van der Waals surface area contributed by atoms with Gasteiger partial charge in [-0.25, -0.2) is 9.78 Å². The number of fused-ring (bicyclic) bond motifs is 1. The molecule has 2 aromatic rings. The average molecular weight is 363 g/mol. The molecule has 3 rings (SSSR count). The molecule has 1 aliphatic rings. The molecule has 1 aliphatic heterocycles. The molecule has 1 fully saturated rings. The van der Waals surface area contributed by atoms with Gasteiger partial charge in [0.2, 0.25) is 0 Å². The number of hydrogen-bond acceptors (Lipinski definition) is 6. The van der Waals surface area contributed by atoms with Crippen molar-refractivity contribution >= 4 is 11.2 Å². The summed E-state index contributed by atoms with van der Waals surface area (Å²) in [6.45, 7) is 10.3. The lowest BCUT2D eigenvalue weighted by molar-refractivity contribution is -0.0682. The summed E-state index contributed by atoms with van der Waals surface area (Å²) >= 11 is 0. The maximum Gasteiger partial charge on any atom is 0.327 e. The minimum Gasteiger partial charge on any atom is -0.463 e. The standard InChI is InChI=1S/C18H29N5O3/c1-4-5-9-25-17-19-10-15-16(21-17)23(18(24)20-15)8-6-7-22-11-13(2)26-14(3)12-22/h10,13-14H,4-9,11-12H2,1-3H3,(H,20,24). The van der Waals surface area contributed by atoms with E-state index in [9.17, 15) is 4.79 Å². The molecule has 8 nitrogen and oxygen atoms in total. The molecule has 0 spiro atoms. The number of nitrogens with zero attached hydrogens (tertiary/aromatic N) is 4. The summed E-state index contributed by atoms with van der Waals surface area (Å²) in [5.41, 5.74) is 1.11. The normalized spacial score (nSPS) is 21.3. The van der Waals surface area contributed by atoms with Crippen molar-refractivity contribution in [3.8, 4) is 6.01 Å². The van der Waals surface area contributed by atoms with Crippen LogP contribution in [0.15, 0.2) is 11.0 Å². The molecule has 144 valence electrons. The van der Waals surface area contributed by atoms with Gasteiger partial charge in [-0.3, -0.25) is 9.47 Å². The summed E-state index contributed by atoms with van der Waals surface area (Å²) in [6.07, 6.45) is 5.01. The van der Waals surface area contributed by atoms with E-state index in [2.05, 4.69) is 40.6 Å². The number of unbranched alkanes of at least 4 members (excludes halogenated alkanes) is 1. The van der Waals surface area contributed by atoms with Crippen LogP contribution < -0.4 is 10.4 Å². The number of ether oxygens (including phenoxy) is 2. The fourth-order valence-electron chi connectivity index (χ4n) is 3.43. The molecule has 1 N–H and O–H groups in total. The monoisotopic (exact) mass is 363 g/mol. The Balaban J connectivity index is 1.64. The molecule has 2 unspecified atom stereocenters. The van der Waals surface area contributed by atoms with Crippen molar-refractivity contribution in [1.29, 1.82) is 0 Å². The number of hydrogen-bond donors (Lipinski definition) is 1. The molecule has 1 saturated heterocycles. The van der Waals surface area contributed by atoms with Gasteiger partial charge >= 0.3 is 11.7 Å². The SMILES string of the molecule is CCCCOc1ncc2[nH]c(=O)n(CCCN3CC(C)OC(C)C3)c2n1. The van der Waals surface area contributed by atoms with Gasteiger partial charge < -0.3 is 14.5 Å². The lowest BCUT2D eigenvalue weighted by Crippen LogP contribution is -2.45. The first-order valence-electron chi connectivity index (χ1n) is 9.53. The number of morpholine rings is 1. The van der Waals surface area contributed by atoms with Crippen molar-refractivity contribution < 1.29 is 9.47 Å². The van der Waals surface area contributed by atoms with Gasteiger partial charge in [-0.05, 0) is 26.7 Å². The first kappa shape index (κ1) is 18.8. The smallest absolute Gasteiger partial charge is 0.327 e. The zero-order valence-electron chi connectivity index (χ0n) is 15.9. The van der Waals surface area contributed by atoms with Gasteiger partial charge in [0, 0.05) is 26.2 Å². The Morgan fingerprint density at radius 2 is 2.04 bits per heavy atom. The highest BCUT2D eigenvalue weighted by Crippen LogP contribution is 2.13. The summed E-state index contributed by atoms with van der Waals surface area (Å²) in [6, 6.07) is 0.328. The second kappa shape index (κ2) is 8.64. The fraction of sp³-hybridized carbons (Fsp3) is 0.722. The Labute approximate surface area is 153 Å². The van der Waals surface area contributed by atoms with Crippen LogP contribution in [0.4, 0.5) is 0 Å². The van der Waals surface area contributed by atoms with Crippen LogP contribution in [-0.2, 0) is 11.3 Å². The molecule has 0 saturated carbocycles. The Morgan fingerprint density at radius 3 is 2.77 bits per heavy atom. The lowest BCUT2D eigenvalue weighted by Gasteiger charge is -2.35. The maximum atomic E-state index is 12.3. The molecule has 2 aromatic heterocycles. The third-order valence-electron chi connectivity index (χ3n) is 4.57. The number of imidazole rings is 1. The van der Waals surface area contributed by atoms with Crippen molar-refractivity contribution in [2.45, 2.75) is 58.8 Å². The molecule has 2 atom stereocenters. The van der Waals surface area contributed by atoms with Crippen LogP contribution in [-0.4, -0.2) is 62.9 Å². The van der Waals surface area contributed by atoms with E-state index >= 15 is 0 Å². The molecular weight excluding hydrogens is 334 g/mol. The molecule has 26 heavy (non-hydrogen) atoms. The second-order valence-corrected chi connectivity index (χ2v) is 7.04. The second-order valence-electron chi connectivity index (χ2n) is 7.04. The van der Waals surface area contributed by atoms with Crippen molar-refractivity contribution in [2.24, 2.45) is 0 Å². The van der Waals surface area contributed by atoms with E-state index in [1.165, 1.54) is 0 Å². The number of H-pyrrole nitrogens is 1. The van der Waals surface area contributed by atoms with Gasteiger partial charge in [-0.15, -0.1) is 0 Å². The zero-order chi connectivity index (χ0) is 18.5. The van der Waals surface area contributed by atoms with Gasteiger partial charge in [0.15, 0.2) is 5.65 Å². The van der Waals surface area contributed by atoms with E-state index < -0.39 is 0 Å². The van der Waals surface area contributed by atoms with E-state index in [4.69, 9.17) is 9.47 Å². The van der Waals surface area contributed by atoms with Gasteiger partial charge in [0.25, 0.3) is 0 Å². The summed E-state index contributed by atoms with van der Waals surface area (Å²) < 4.78 is 13.0. The van der Waals surface area contributed by atoms with Crippen LogP contribution in [0, 0.1) is 0 Å². The molecule has 0 aromatic carbocycles. The first-order valence-corrected chi connectivity index (χ1v) is 9.53. The average Bonchev–Trinajstić information content (AvgIpc) is 2.90. The lowest BCUT2D eigenvalue weighted by atomic mass is 10.2. The highest BCUT2D eigenvalue weighted by Gasteiger charge is 2.21. The molecule has 0 radical (unpaired) electrons. The van der Waals surface area contributed by atoms with Crippen LogP contribution in [0.3, 0.4) is 0 Å². The predicted molar refractivity (Wildman–Crippen MR) is 99.6 cm³/mol. The third-order valence-corrected chi connectivity index (χ3v) is 4.57. The molecular formula is C18H29N5O3. The summed E-state index contributed by atoms with van der Waals surface area (Å²) in [5.74, 6) is 0. The van der Waals surface area contributed by atoms with Crippen LogP contribution in [0.2, 0.25) is 0 Å². The van der Waals surface area contributed by atoms with Gasteiger partial charge in [-0.1, -0.05) is 13.3 Å². The summed E-state index contributed by atoms with van der Waals surface area (Å²) in [5, 5.41) is 0. The number of aromatic amines is 1. The Morgan fingerprint density at radius 1 is 1.27 bits per heavy atom. The van der Waals surface area contributed by atoms with Gasteiger partial charge in [-0.2, -0.15) is 4.98 Å². The maximum absolute atomic E-state index is 12.3. The van der Waals surface area contributed by atoms with Crippen molar-refractivity contribution in [2.75, 3.05) is 26.2 Å². The van der Waals surface area contributed by atoms with Crippen molar-refractivity contribution in [3.63, 3.8) is 0 Å². The quantitative estimate of drug-likeness (QED) is 0.720. The van der Waals surface area contributed by atoms with E-state index in [1.807, 2.05) is 0 Å².